The Bertz CT molecular complexity index is 2130. The van der Waals surface area contributed by atoms with Gasteiger partial charge < -0.3 is 29.6 Å². The summed E-state index contributed by atoms with van der Waals surface area (Å²) in [6, 6.07) is 21.9. The van der Waals surface area contributed by atoms with Crippen molar-refractivity contribution < 1.29 is 9.90 Å². The van der Waals surface area contributed by atoms with Crippen molar-refractivity contribution in [1.29, 1.82) is 0 Å². The predicted molar refractivity (Wildman–Crippen MR) is 200 cm³/mol. The van der Waals surface area contributed by atoms with E-state index in [4.69, 9.17) is 0 Å². The summed E-state index contributed by atoms with van der Waals surface area (Å²) >= 11 is 0. The first kappa shape index (κ1) is 31.8. The largest absolute Gasteiger partial charge is 0.387 e. The zero-order chi connectivity index (χ0) is 34.3. The van der Waals surface area contributed by atoms with E-state index < -0.39 is 12.0 Å². The lowest BCUT2D eigenvalue weighted by Crippen LogP contribution is -2.47. The maximum Gasteiger partial charge on any atom is 0.211 e. The lowest BCUT2D eigenvalue weighted by atomic mass is 9.69. The van der Waals surface area contributed by atoms with Crippen LogP contribution in [0, 0.1) is 0 Å². The number of hydrogen-bond donors (Lipinski definition) is 1. The lowest BCUT2D eigenvalue weighted by molar-refractivity contribution is -0.122. The van der Waals surface area contributed by atoms with E-state index in [2.05, 4.69) is 132 Å². The van der Waals surface area contributed by atoms with Crippen molar-refractivity contribution in [2.75, 3.05) is 95.0 Å². The number of carbonyl (C=O) groups is 1. The number of rotatable bonds is 5. The fourth-order valence-corrected chi connectivity index (χ4v) is 7.78. The highest BCUT2D eigenvalue weighted by Gasteiger charge is 2.47. The molecule has 1 saturated carbocycles. The number of fused-ring (bicyclic) bond motifs is 4. The quantitative estimate of drug-likeness (QED) is 0.332. The van der Waals surface area contributed by atoms with Crippen molar-refractivity contribution in [3.8, 4) is 0 Å². The number of aliphatic hydroxyl groups is 1. The SMILES string of the molecule is CN(C)c1ccc2c(c1)N(C)c1cc(N(C)C)c(C3C(=O)C(=c4cc5c(cc4N(C)C)=[N+](C)c4cc(N(C)C)ccc4C5)C3O)cc1C2. The Morgan fingerprint density at radius 2 is 1.29 bits per heavy atom. The smallest absolute Gasteiger partial charge is 0.211 e. The van der Waals surface area contributed by atoms with Crippen LogP contribution in [0.5, 0.6) is 0 Å². The van der Waals surface area contributed by atoms with E-state index in [-0.39, 0.29) is 5.78 Å². The van der Waals surface area contributed by atoms with Crippen LogP contribution < -0.4 is 39.7 Å². The van der Waals surface area contributed by atoms with E-state index in [9.17, 15) is 9.90 Å². The maximum absolute atomic E-state index is 14.3. The molecule has 2 heterocycles. The van der Waals surface area contributed by atoms with Crippen LogP contribution in [0.25, 0.3) is 5.57 Å². The summed E-state index contributed by atoms with van der Waals surface area (Å²) in [6.07, 6.45) is 0.640. The molecule has 0 aromatic heterocycles. The average Bonchev–Trinajstić information content (AvgIpc) is 3.04. The normalized spacial score (nSPS) is 18.8. The summed E-state index contributed by atoms with van der Waals surface area (Å²) in [6.45, 7) is 0. The lowest BCUT2D eigenvalue weighted by Gasteiger charge is -2.39. The minimum Gasteiger partial charge on any atom is -0.387 e. The van der Waals surface area contributed by atoms with Crippen molar-refractivity contribution in [2.24, 2.45) is 0 Å². The molecule has 0 spiro atoms. The Morgan fingerprint density at radius 1 is 0.688 bits per heavy atom. The van der Waals surface area contributed by atoms with Gasteiger partial charge in [0.2, 0.25) is 11.0 Å². The van der Waals surface area contributed by atoms with Crippen LogP contribution >= 0.6 is 0 Å². The van der Waals surface area contributed by atoms with Gasteiger partial charge in [-0.1, -0.05) is 18.2 Å². The van der Waals surface area contributed by atoms with Gasteiger partial charge in [0.1, 0.15) is 7.05 Å². The molecular weight excluding hydrogens is 596 g/mol. The monoisotopic (exact) mass is 643 g/mol. The third-order valence-electron chi connectivity index (χ3n) is 10.6. The number of ketones is 1. The van der Waals surface area contributed by atoms with Gasteiger partial charge in [0.15, 0.2) is 5.78 Å². The summed E-state index contributed by atoms with van der Waals surface area (Å²) in [5.74, 6) is -0.626. The van der Waals surface area contributed by atoms with Crippen LogP contribution in [0.15, 0.2) is 60.7 Å². The Morgan fingerprint density at radius 3 is 1.92 bits per heavy atom. The van der Waals surface area contributed by atoms with Crippen molar-refractivity contribution in [3.05, 3.63) is 99.1 Å². The van der Waals surface area contributed by atoms with Crippen molar-refractivity contribution >= 4 is 51.2 Å². The zero-order valence-corrected chi connectivity index (χ0v) is 29.9. The number of carbonyl (C=O) groups excluding carboxylic acids is 1. The van der Waals surface area contributed by atoms with Crippen molar-refractivity contribution in [3.63, 3.8) is 0 Å². The van der Waals surface area contributed by atoms with E-state index in [0.29, 0.717) is 5.57 Å². The van der Waals surface area contributed by atoms with E-state index in [0.717, 1.165) is 63.0 Å². The Hall–Kier alpha value is -4.82. The fourth-order valence-electron chi connectivity index (χ4n) is 7.78. The van der Waals surface area contributed by atoms with Crippen LogP contribution in [0.3, 0.4) is 0 Å². The third-order valence-corrected chi connectivity index (χ3v) is 10.6. The molecule has 1 N–H and O–H groups in total. The van der Waals surface area contributed by atoms with Crippen molar-refractivity contribution in [1.82, 2.24) is 4.58 Å². The molecule has 0 bridgehead atoms. The molecule has 1 fully saturated rings. The highest BCUT2D eigenvalue weighted by Crippen LogP contribution is 2.48. The standard InChI is InChI=1S/C40H47N6O2/c1-41(2)27-13-11-23-15-25-17-29(35(43(5)6)21-33(25)45(9)31(23)19-27)37-39(47)38(40(37)48)30-18-26-16-24-12-14-28(42(3)4)20-32(24)46(10)34(26)22-36(30)44(7)8/h11-14,17-22,37,39,47H,15-16H2,1-10H3/q+1. The molecular formula is C40H47N6O2+. The van der Waals surface area contributed by atoms with Gasteiger partial charge in [-0.15, -0.1) is 0 Å². The van der Waals surface area contributed by atoms with Crippen LogP contribution in [0.2, 0.25) is 0 Å². The molecule has 2 unspecified atom stereocenters. The molecule has 4 aromatic rings. The number of Topliss-reactive ketones (excluding diaryl/α,β-unsaturated/α-hetero) is 1. The fraction of sp³-hybridized carbons (Fsp3) is 0.350. The molecule has 1 aliphatic carbocycles. The molecule has 0 radical (unpaired) electrons. The van der Waals surface area contributed by atoms with Crippen LogP contribution in [0.1, 0.15) is 33.7 Å². The number of nitrogens with zero attached hydrogens (tertiary/aromatic N) is 6. The second-order valence-corrected chi connectivity index (χ2v) is 14.4. The number of anilines is 6. The Labute approximate surface area is 284 Å². The van der Waals surface area contributed by atoms with Gasteiger partial charge in [-0.25, -0.2) is 0 Å². The molecule has 2 aliphatic heterocycles. The Balaban J connectivity index is 1.32. The van der Waals surface area contributed by atoms with Gasteiger partial charge >= 0.3 is 0 Å². The summed E-state index contributed by atoms with van der Waals surface area (Å²) in [5.41, 5.74) is 13.9. The number of benzene rings is 4. The summed E-state index contributed by atoms with van der Waals surface area (Å²) in [7, 11) is 20.5. The number of hydrogen-bond acceptors (Lipinski definition) is 7. The van der Waals surface area contributed by atoms with Gasteiger partial charge in [-0.05, 0) is 47.0 Å². The molecule has 248 valence electrons. The Kier molecular flexibility index (Phi) is 7.55. The van der Waals surface area contributed by atoms with E-state index in [1.165, 1.54) is 28.1 Å². The first-order valence-corrected chi connectivity index (χ1v) is 16.6. The summed E-state index contributed by atoms with van der Waals surface area (Å²) < 4.78 is 2.25. The van der Waals surface area contributed by atoms with Crippen LogP contribution in [-0.2, 0) is 17.6 Å². The second-order valence-electron chi connectivity index (χ2n) is 14.4. The van der Waals surface area contributed by atoms with Crippen LogP contribution in [-0.4, -0.2) is 87.5 Å². The van der Waals surface area contributed by atoms with Gasteiger partial charge in [0.25, 0.3) is 0 Å². The maximum atomic E-state index is 14.3. The van der Waals surface area contributed by atoms with Crippen LogP contribution in [0.4, 0.5) is 39.8 Å². The van der Waals surface area contributed by atoms with E-state index in [1.54, 1.807) is 0 Å². The number of aliphatic hydroxyl groups excluding tert-OH is 1. The first-order valence-electron chi connectivity index (χ1n) is 16.6. The average molecular weight is 644 g/mol. The predicted octanol–water partition coefficient (Wildman–Crippen LogP) is 3.86. The summed E-state index contributed by atoms with van der Waals surface area (Å²) in [5, 5.41) is 13.9. The molecule has 8 nitrogen and oxygen atoms in total. The molecule has 8 heteroatoms. The molecule has 0 saturated heterocycles. The van der Waals surface area contributed by atoms with Gasteiger partial charge in [-0.2, -0.15) is 4.58 Å². The molecule has 0 amide bonds. The molecule has 4 aromatic carbocycles. The molecule has 7 rings (SSSR count). The second kappa shape index (κ2) is 11.4. The van der Waals surface area contributed by atoms with E-state index in [1.807, 2.05) is 28.2 Å². The minimum atomic E-state index is -0.904. The van der Waals surface area contributed by atoms with Gasteiger partial charge in [0.05, 0.1) is 17.7 Å². The molecule has 3 aliphatic rings. The third kappa shape index (κ3) is 4.84. The van der Waals surface area contributed by atoms with Gasteiger partial charge in [0, 0.05) is 139 Å². The minimum absolute atomic E-state index is 0.00558. The highest BCUT2D eigenvalue weighted by atomic mass is 16.3. The molecule has 48 heavy (non-hydrogen) atoms. The van der Waals surface area contributed by atoms with E-state index >= 15 is 0 Å². The van der Waals surface area contributed by atoms with Gasteiger partial charge in [-0.3, -0.25) is 4.79 Å². The summed E-state index contributed by atoms with van der Waals surface area (Å²) in [4.78, 5) is 24.9. The molecule has 2 atom stereocenters. The highest BCUT2D eigenvalue weighted by molar-refractivity contribution is 6.28. The zero-order valence-electron chi connectivity index (χ0n) is 29.9. The van der Waals surface area contributed by atoms with Crippen molar-refractivity contribution in [2.45, 2.75) is 24.9 Å². The topological polar surface area (TPSA) is 56.5 Å². The first-order chi connectivity index (χ1) is 22.8.